The molecule has 0 aromatic carbocycles. The zero-order valence-electron chi connectivity index (χ0n) is 6.96. The number of Topliss-reactive ketones (excluding diaryl/α,β-unsaturated/α-hetero) is 1. The number of hydrogen-bond acceptors (Lipinski definition) is 2. The van der Waals surface area contributed by atoms with Gasteiger partial charge in [-0.05, 0) is 19.1 Å². The van der Waals surface area contributed by atoms with Crippen molar-refractivity contribution >= 4 is 5.78 Å². The first-order valence-electron chi connectivity index (χ1n) is 3.77. The van der Waals surface area contributed by atoms with Crippen LogP contribution >= 0.6 is 0 Å². The van der Waals surface area contributed by atoms with Crippen LogP contribution in [0.15, 0.2) is 16.5 Å². The fraction of sp³-hybridized carbons (Fsp3) is 0.300. The lowest BCUT2D eigenvalue weighted by molar-refractivity contribution is 0.0956. The van der Waals surface area contributed by atoms with Gasteiger partial charge < -0.3 is 4.42 Å². The summed E-state index contributed by atoms with van der Waals surface area (Å²) >= 11 is 0. The van der Waals surface area contributed by atoms with Crippen LogP contribution in [0.4, 0.5) is 0 Å². The number of furan rings is 1. The normalized spacial score (nSPS) is 9.33. The van der Waals surface area contributed by atoms with Crippen molar-refractivity contribution in [2.75, 3.05) is 0 Å². The van der Waals surface area contributed by atoms with Crippen LogP contribution < -0.4 is 0 Å². The largest absolute Gasteiger partial charge is 0.458 e. The Balaban J connectivity index is 2.61. The SMILES string of the molecule is C#CCCC(=O)c1ccc(C)o1. The molecule has 2 nitrogen and oxygen atoms in total. The standard InChI is InChI=1S/C10H10O2/c1-3-4-5-9(11)10-7-6-8(2)12-10/h1,6-7H,4-5H2,2H3. The minimum Gasteiger partial charge on any atom is -0.458 e. The Morgan fingerprint density at radius 3 is 2.92 bits per heavy atom. The topological polar surface area (TPSA) is 30.2 Å². The molecule has 0 atom stereocenters. The summed E-state index contributed by atoms with van der Waals surface area (Å²) < 4.78 is 5.12. The molecule has 0 radical (unpaired) electrons. The average Bonchev–Trinajstić information content (AvgIpc) is 2.47. The third-order valence-electron chi connectivity index (χ3n) is 1.51. The number of ketones is 1. The van der Waals surface area contributed by atoms with Crippen molar-refractivity contribution in [3.8, 4) is 12.3 Å². The molecule has 1 aromatic heterocycles. The molecule has 0 saturated carbocycles. The highest BCUT2D eigenvalue weighted by Crippen LogP contribution is 2.09. The van der Waals surface area contributed by atoms with Gasteiger partial charge in [0.25, 0.3) is 0 Å². The van der Waals surface area contributed by atoms with Crippen LogP contribution in [0.1, 0.15) is 29.2 Å². The van der Waals surface area contributed by atoms with Crippen LogP contribution in [0.5, 0.6) is 0 Å². The van der Waals surface area contributed by atoms with E-state index in [1.54, 1.807) is 19.1 Å². The number of terminal acetylenes is 1. The van der Waals surface area contributed by atoms with Gasteiger partial charge in [-0.25, -0.2) is 0 Å². The highest BCUT2D eigenvalue weighted by Gasteiger charge is 2.08. The molecule has 0 spiro atoms. The maximum Gasteiger partial charge on any atom is 0.198 e. The second-order valence-electron chi connectivity index (χ2n) is 2.54. The Labute approximate surface area is 71.6 Å². The van der Waals surface area contributed by atoms with Gasteiger partial charge in [0, 0.05) is 12.8 Å². The van der Waals surface area contributed by atoms with E-state index in [4.69, 9.17) is 10.8 Å². The smallest absolute Gasteiger partial charge is 0.198 e. The third-order valence-corrected chi connectivity index (χ3v) is 1.51. The highest BCUT2D eigenvalue weighted by atomic mass is 16.3. The molecule has 0 fully saturated rings. The van der Waals surface area contributed by atoms with Crippen molar-refractivity contribution in [1.29, 1.82) is 0 Å². The molecule has 0 bridgehead atoms. The highest BCUT2D eigenvalue weighted by molar-refractivity contribution is 5.93. The molecule has 62 valence electrons. The van der Waals surface area contributed by atoms with Gasteiger partial charge in [0.05, 0.1) is 0 Å². The maximum atomic E-state index is 11.2. The zero-order chi connectivity index (χ0) is 8.97. The minimum absolute atomic E-state index is 0.0268. The first kappa shape index (κ1) is 8.61. The lowest BCUT2D eigenvalue weighted by Crippen LogP contribution is -1.95. The summed E-state index contributed by atoms with van der Waals surface area (Å²) in [5.41, 5.74) is 0. The Morgan fingerprint density at radius 2 is 2.42 bits per heavy atom. The van der Waals surface area contributed by atoms with E-state index in [2.05, 4.69) is 5.92 Å². The van der Waals surface area contributed by atoms with E-state index in [0.29, 0.717) is 18.6 Å². The van der Waals surface area contributed by atoms with Crippen molar-refractivity contribution in [2.45, 2.75) is 19.8 Å². The van der Waals surface area contributed by atoms with Crippen molar-refractivity contribution in [3.63, 3.8) is 0 Å². The van der Waals surface area contributed by atoms with Crippen LogP contribution in [0.3, 0.4) is 0 Å². The Morgan fingerprint density at radius 1 is 1.67 bits per heavy atom. The lowest BCUT2D eigenvalue weighted by Gasteiger charge is -1.91. The Kier molecular flexibility index (Phi) is 2.71. The van der Waals surface area contributed by atoms with E-state index in [1.807, 2.05) is 0 Å². The predicted octanol–water partition coefficient (Wildman–Crippen LogP) is 2.18. The molecule has 2 heteroatoms. The molecule has 0 aliphatic carbocycles. The summed E-state index contributed by atoms with van der Waals surface area (Å²) in [6, 6.07) is 3.44. The summed E-state index contributed by atoms with van der Waals surface area (Å²) in [6.07, 6.45) is 5.86. The summed E-state index contributed by atoms with van der Waals surface area (Å²) in [5.74, 6) is 3.54. The molecule has 0 saturated heterocycles. The Hall–Kier alpha value is -1.49. The van der Waals surface area contributed by atoms with Crippen LogP contribution in [-0.2, 0) is 0 Å². The van der Waals surface area contributed by atoms with Crippen LogP contribution in [-0.4, -0.2) is 5.78 Å². The zero-order valence-corrected chi connectivity index (χ0v) is 6.96. The third kappa shape index (κ3) is 2.00. The summed E-state index contributed by atoms with van der Waals surface area (Å²) in [7, 11) is 0. The van der Waals surface area contributed by atoms with E-state index >= 15 is 0 Å². The molecule has 0 N–H and O–H groups in total. The van der Waals surface area contributed by atoms with Gasteiger partial charge in [-0.1, -0.05) is 0 Å². The first-order chi connectivity index (χ1) is 5.74. The van der Waals surface area contributed by atoms with E-state index in [0.717, 1.165) is 5.76 Å². The summed E-state index contributed by atoms with van der Waals surface area (Å²) in [5, 5.41) is 0. The van der Waals surface area contributed by atoms with E-state index in [-0.39, 0.29) is 5.78 Å². The molecule has 1 aromatic rings. The molecular weight excluding hydrogens is 152 g/mol. The van der Waals surface area contributed by atoms with Crippen molar-refractivity contribution in [1.82, 2.24) is 0 Å². The monoisotopic (exact) mass is 162 g/mol. The van der Waals surface area contributed by atoms with Gasteiger partial charge in [-0.15, -0.1) is 12.3 Å². The average molecular weight is 162 g/mol. The van der Waals surface area contributed by atoms with Gasteiger partial charge in [-0.2, -0.15) is 0 Å². The van der Waals surface area contributed by atoms with Gasteiger partial charge in [0.15, 0.2) is 11.5 Å². The molecule has 0 amide bonds. The second kappa shape index (κ2) is 3.77. The van der Waals surface area contributed by atoms with Crippen LogP contribution in [0.2, 0.25) is 0 Å². The molecule has 1 heterocycles. The van der Waals surface area contributed by atoms with E-state index < -0.39 is 0 Å². The van der Waals surface area contributed by atoms with Gasteiger partial charge in [0.1, 0.15) is 5.76 Å². The second-order valence-corrected chi connectivity index (χ2v) is 2.54. The van der Waals surface area contributed by atoms with Crippen molar-refractivity contribution in [2.24, 2.45) is 0 Å². The van der Waals surface area contributed by atoms with E-state index in [1.165, 1.54) is 0 Å². The number of hydrogen-bond donors (Lipinski definition) is 0. The van der Waals surface area contributed by atoms with Crippen LogP contribution in [0.25, 0.3) is 0 Å². The number of aryl methyl sites for hydroxylation is 1. The lowest BCUT2D eigenvalue weighted by atomic mass is 10.2. The Bertz CT molecular complexity index is 315. The molecular formula is C10H10O2. The van der Waals surface area contributed by atoms with Crippen LogP contribution in [0, 0.1) is 19.3 Å². The summed E-state index contributed by atoms with van der Waals surface area (Å²) in [6.45, 7) is 1.80. The quantitative estimate of drug-likeness (QED) is 0.503. The fourth-order valence-electron chi connectivity index (χ4n) is 0.893. The van der Waals surface area contributed by atoms with Crippen molar-refractivity contribution in [3.05, 3.63) is 23.7 Å². The molecule has 0 aliphatic rings. The number of carbonyl (C=O) groups excluding carboxylic acids is 1. The van der Waals surface area contributed by atoms with Gasteiger partial charge >= 0.3 is 0 Å². The fourth-order valence-corrected chi connectivity index (χ4v) is 0.893. The minimum atomic E-state index is -0.0268. The molecule has 12 heavy (non-hydrogen) atoms. The first-order valence-corrected chi connectivity index (χ1v) is 3.77. The van der Waals surface area contributed by atoms with E-state index in [9.17, 15) is 4.79 Å². The van der Waals surface area contributed by atoms with Gasteiger partial charge in [0.2, 0.25) is 0 Å². The number of carbonyl (C=O) groups is 1. The molecule has 0 aliphatic heterocycles. The predicted molar refractivity (Wildman–Crippen MR) is 45.8 cm³/mol. The van der Waals surface area contributed by atoms with Gasteiger partial charge in [-0.3, -0.25) is 4.79 Å². The molecule has 0 unspecified atom stereocenters. The van der Waals surface area contributed by atoms with Crippen molar-refractivity contribution < 1.29 is 9.21 Å². The molecule has 1 rings (SSSR count). The number of rotatable bonds is 3. The summed E-state index contributed by atoms with van der Waals surface area (Å²) in [4.78, 5) is 11.2. The maximum absolute atomic E-state index is 11.2.